The second-order valence-corrected chi connectivity index (χ2v) is 5.93. The first-order valence-corrected chi connectivity index (χ1v) is 7.76. The zero-order chi connectivity index (χ0) is 15.2. The second-order valence-electron chi connectivity index (χ2n) is 5.02. The Morgan fingerprint density at radius 3 is 2.67 bits per heavy atom. The summed E-state index contributed by atoms with van der Waals surface area (Å²) in [6.45, 7) is 4.74. The summed E-state index contributed by atoms with van der Waals surface area (Å²) in [6.07, 6.45) is 0.318. The van der Waals surface area contributed by atoms with Crippen LogP contribution in [0, 0.1) is 6.92 Å². The molecule has 2 amide bonds. The maximum Gasteiger partial charge on any atom is 0.251 e. The third-order valence-electron chi connectivity index (χ3n) is 3.29. The molecule has 0 radical (unpaired) electrons. The number of carbonyl (C=O) groups excluding carboxylic acids is 2. The molecule has 2 rings (SSSR count). The maximum atomic E-state index is 12.0. The number of hydrogen-bond donors (Lipinski definition) is 1. The van der Waals surface area contributed by atoms with E-state index in [4.69, 9.17) is 4.74 Å². The van der Waals surface area contributed by atoms with Gasteiger partial charge in [0.1, 0.15) is 0 Å². The van der Waals surface area contributed by atoms with Crippen molar-refractivity contribution in [3.63, 3.8) is 0 Å². The fourth-order valence-electron chi connectivity index (χ4n) is 2.22. The van der Waals surface area contributed by atoms with Gasteiger partial charge in [0, 0.05) is 36.1 Å². The topological polar surface area (TPSA) is 58.6 Å². The van der Waals surface area contributed by atoms with E-state index in [0.29, 0.717) is 44.8 Å². The lowest BCUT2D eigenvalue weighted by atomic mass is 10.1. The molecule has 0 unspecified atom stereocenters. The van der Waals surface area contributed by atoms with Crippen molar-refractivity contribution in [3.8, 4) is 0 Å². The minimum atomic E-state index is -0.158. The molecule has 5 nitrogen and oxygen atoms in total. The molecule has 1 aliphatic rings. The molecular weight excluding hydrogens is 336 g/mol. The van der Waals surface area contributed by atoms with Crippen LogP contribution in [-0.2, 0) is 9.53 Å². The molecule has 6 heteroatoms. The molecule has 0 spiro atoms. The highest BCUT2D eigenvalue weighted by molar-refractivity contribution is 9.10. The molecule has 0 aliphatic carbocycles. The fraction of sp³-hybridized carbons (Fsp3) is 0.467. The number of ether oxygens (including phenoxy) is 1. The highest BCUT2D eigenvalue weighted by Crippen LogP contribution is 2.15. The number of nitrogens with one attached hydrogen (secondary N) is 1. The van der Waals surface area contributed by atoms with Crippen molar-refractivity contribution in [2.24, 2.45) is 0 Å². The minimum absolute atomic E-state index is 0.0593. The highest BCUT2D eigenvalue weighted by atomic mass is 79.9. The van der Waals surface area contributed by atoms with Crippen LogP contribution >= 0.6 is 15.9 Å². The Bertz CT molecular complexity index is 507. The molecule has 21 heavy (non-hydrogen) atoms. The summed E-state index contributed by atoms with van der Waals surface area (Å²) in [5.74, 6) is -0.0989. The predicted octanol–water partition coefficient (Wildman–Crippen LogP) is 1.74. The van der Waals surface area contributed by atoms with Crippen LogP contribution in [0.4, 0.5) is 0 Å². The van der Waals surface area contributed by atoms with E-state index >= 15 is 0 Å². The summed E-state index contributed by atoms with van der Waals surface area (Å²) in [4.78, 5) is 25.7. The van der Waals surface area contributed by atoms with Crippen molar-refractivity contribution in [1.29, 1.82) is 0 Å². The first-order valence-electron chi connectivity index (χ1n) is 6.97. The smallest absolute Gasteiger partial charge is 0.251 e. The lowest BCUT2D eigenvalue weighted by Gasteiger charge is -2.26. The van der Waals surface area contributed by atoms with Crippen molar-refractivity contribution in [2.45, 2.75) is 13.3 Å². The Morgan fingerprint density at radius 2 is 2.00 bits per heavy atom. The van der Waals surface area contributed by atoms with Gasteiger partial charge in [-0.1, -0.05) is 15.9 Å². The summed E-state index contributed by atoms with van der Waals surface area (Å²) in [5, 5.41) is 2.78. The maximum absolute atomic E-state index is 12.0. The number of aryl methyl sites for hydroxylation is 1. The number of carbonyl (C=O) groups is 2. The monoisotopic (exact) mass is 354 g/mol. The van der Waals surface area contributed by atoms with Gasteiger partial charge in [-0.05, 0) is 30.7 Å². The molecule has 1 fully saturated rings. The number of benzene rings is 1. The van der Waals surface area contributed by atoms with E-state index in [1.807, 2.05) is 19.1 Å². The van der Waals surface area contributed by atoms with Crippen LogP contribution in [0.5, 0.6) is 0 Å². The third kappa shape index (κ3) is 4.82. The van der Waals surface area contributed by atoms with Gasteiger partial charge in [0.2, 0.25) is 5.91 Å². The van der Waals surface area contributed by atoms with Crippen LogP contribution in [0.15, 0.2) is 22.7 Å². The predicted molar refractivity (Wildman–Crippen MR) is 83.2 cm³/mol. The van der Waals surface area contributed by atoms with Gasteiger partial charge >= 0.3 is 0 Å². The van der Waals surface area contributed by atoms with Gasteiger partial charge in [-0.2, -0.15) is 0 Å². The number of rotatable bonds is 4. The van der Waals surface area contributed by atoms with E-state index < -0.39 is 0 Å². The van der Waals surface area contributed by atoms with Crippen molar-refractivity contribution < 1.29 is 14.3 Å². The Morgan fingerprint density at radius 1 is 1.29 bits per heavy atom. The first-order chi connectivity index (χ1) is 10.1. The zero-order valence-electron chi connectivity index (χ0n) is 12.0. The molecule has 1 aromatic carbocycles. The lowest BCUT2D eigenvalue weighted by molar-refractivity contribution is -0.135. The average molecular weight is 355 g/mol. The van der Waals surface area contributed by atoms with Crippen LogP contribution in [0.25, 0.3) is 0 Å². The normalized spacial score (nSPS) is 14.9. The third-order valence-corrected chi connectivity index (χ3v) is 3.75. The van der Waals surface area contributed by atoms with Crippen molar-refractivity contribution in [1.82, 2.24) is 10.2 Å². The van der Waals surface area contributed by atoms with Crippen LogP contribution in [0.2, 0.25) is 0 Å². The molecule has 114 valence electrons. The Balaban J connectivity index is 1.79. The standard InChI is InChI=1S/C15H19BrN2O3/c1-11-8-12(10-13(16)9-11)15(20)17-3-2-14(19)18-4-6-21-7-5-18/h8-10H,2-7H2,1H3,(H,17,20). The number of amides is 2. The van der Waals surface area contributed by atoms with Crippen molar-refractivity contribution in [3.05, 3.63) is 33.8 Å². The van der Waals surface area contributed by atoms with E-state index in [1.54, 1.807) is 11.0 Å². The number of halogens is 1. The molecule has 1 N–H and O–H groups in total. The van der Waals surface area contributed by atoms with Crippen LogP contribution in [0.3, 0.4) is 0 Å². The molecule has 1 saturated heterocycles. The van der Waals surface area contributed by atoms with Gasteiger partial charge < -0.3 is 15.0 Å². The molecule has 0 saturated carbocycles. The summed E-state index contributed by atoms with van der Waals surface area (Å²) in [6, 6.07) is 5.54. The quantitative estimate of drug-likeness (QED) is 0.895. The number of nitrogens with zero attached hydrogens (tertiary/aromatic N) is 1. The largest absolute Gasteiger partial charge is 0.378 e. The summed E-state index contributed by atoms with van der Waals surface area (Å²) >= 11 is 3.37. The van der Waals surface area contributed by atoms with E-state index in [9.17, 15) is 9.59 Å². The van der Waals surface area contributed by atoms with Gasteiger partial charge in [0.05, 0.1) is 13.2 Å². The van der Waals surface area contributed by atoms with Gasteiger partial charge in [-0.15, -0.1) is 0 Å². The molecular formula is C15H19BrN2O3. The van der Waals surface area contributed by atoms with Gasteiger partial charge in [0.25, 0.3) is 5.91 Å². The molecule has 0 atom stereocenters. The van der Waals surface area contributed by atoms with Crippen LogP contribution in [-0.4, -0.2) is 49.6 Å². The van der Waals surface area contributed by atoms with Gasteiger partial charge in [-0.25, -0.2) is 0 Å². The van der Waals surface area contributed by atoms with E-state index in [1.165, 1.54) is 0 Å². The Kier molecular flexibility index (Phi) is 5.76. The Labute approximate surface area is 132 Å². The average Bonchev–Trinajstić information content (AvgIpc) is 2.47. The summed E-state index contributed by atoms with van der Waals surface area (Å²) in [7, 11) is 0. The second kappa shape index (κ2) is 7.56. The summed E-state index contributed by atoms with van der Waals surface area (Å²) in [5.41, 5.74) is 1.61. The fourth-order valence-corrected chi connectivity index (χ4v) is 2.83. The van der Waals surface area contributed by atoms with E-state index in [0.717, 1.165) is 10.0 Å². The zero-order valence-corrected chi connectivity index (χ0v) is 13.6. The molecule has 0 aromatic heterocycles. The van der Waals surface area contributed by atoms with E-state index in [-0.39, 0.29) is 11.8 Å². The first kappa shape index (κ1) is 16.0. The lowest BCUT2D eigenvalue weighted by Crippen LogP contribution is -2.42. The SMILES string of the molecule is Cc1cc(Br)cc(C(=O)NCCC(=O)N2CCOCC2)c1. The molecule has 1 heterocycles. The van der Waals surface area contributed by atoms with Crippen LogP contribution in [0.1, 0.15) is 22.3 Å². The number of hydrogen-bond acceptors (Lipinski definition) is 3. The molecule has 1 aliphatic heterocycles. The van der Waals surface area contributed by atoms with E-state index in [2.05, 4.69) is 21.2 Å². The highest BCUT2D eigenvalue weighted by Gasteiger charge is 2.16. The van der Waals surface area contributed by atoms with Crippen LogP contribution < -0.4 is 5.32 Å². The Hall–Kier alpha value is -1.40. The van der Waals surface area contributed by atoms with Gasteiger partial charge in [0.15, 0.2) is 0 Å². The van der Waals surface area contributed by atoms with Crippen molar-refractivity contribution in [2.75, 3.05) is 32.8 Å². The summed E-state index contributed by atoms with van der Waals surface area (Å²) < 4.78 is 6.08. The minimum Gasteiger partial charge on any atom is -0.378 e. The van der Waals surface area contributed by atoms with Crippen molar-refractivity contribution >= 4 is 27.7 Å². The van der Waals surface area contributed by atoms with Gasteiger partial charge in [-0.3, -0.25) is 9.59 Å². The molecule has 0 bridgehead atoms. The molecule has 1 aromatic rings. The number of morpholine rings is 1.